The maximum absolute atomic E-state index is 12.4. The van der Waals surface area contributed by atoms with E-state index in [1.807, 2.05) is 6.92 Å². The normalized spacial score (nSPS) is 22.9. The largest absolute Gasteiger partial charge is 0.478 e. The van der Waals surface area contributed by atoms with Gasteiger partial charge in [-0.3, -0.25) is 0 Å². The molecule has 1 fully saturated rings. The average Bonchev–Trinajstić information content (AvgIpc) is 2.74. The zero-order valence-corrected chi connectivity index (χ0v) is 12.0. The van der Waals surface area contributed by atoms with Gasteiger partial charge in [0, 0.05) is 11.7 Å². The number of aromatic carboxylic acids is 1. The second-order valence-electron chi connectivity index (χ2n) is 5.20. The molecule has 1 aromatic carbocycles. The van der Waals surface area contributed by atoms with Gasteiger partial charge in [-0.15, -0.1) is 0 Å². The summed E-state index contributed by atoms with van der Waals surface area (Å²) in [6, 6.07) is 3.62. The molecule has 0 radical (unpaired) electrons. The fourth-order valence-electron chi connectivity index (χ4n) is 2.52. The van der Waals surface area contributed by atoms with Gasteiger partial charge in [-0.25, -0.2) is 17.9 Å². The van der Waals surface area contributed by atoms with Crippen molar-refractivity contribution in [2.75, 3.05) is 5.73 Å². The van der Waals surface area contributed by atoms with E-state index in [0.29, 0.717) is 0 Å². The SMILES string of the molecule is CC1CCCC1NS(=O)(=O)c1cc(N)ccc1C(=O)O. The molecule has 4 N–H and O–H groups in total. The van der Waals surface area contributed by atoms with Crippen LogP contribution in [-0.4, -0.2) is 25.5 Å². The molecule has 1 aliphatic rings. The Hall–Kier alpha value is -1.60. The highest BCUT2D eigenvalue weighted by Gasteiger charge is 2.30. The zero-order chi connectivity index (χ0) is 14.9. The summed E-state index contributed by atoms with van der Waals surface area (Å²) in [6.45, 7) is 1.98. The van der Waals surface area contributed by atoms with Gasteiger partial charge in [-0.05, 0) is 37.0 Å². The molecule has 20 heavy (non-hydrogen) atoms. The lowest BCUT2D eigenvalue weighted by atomic mass is 10.1. The molecule has 2 unspecified atom stereocenters. The molecule has 1 saturated carbocycles. The summed E-state index contributed by atoms with van der Waals surface area (Å²) in [5.41, 5.74) is 5.53. The number of carboxylic acid groups (broad SMARTS) is 1. The van der Waals surface area contributed by atoms with Crippen LogP contribution in [0.3, 0.4) is 0 Å². The van der Waals surface area contributed by atoms with Gasteiger partial charge in [0.15, 0.2) is 0 Å². The summed E-state index contributed by atoms with van der Waals surface area (Å²) in [4.78, 5) is 10.9. The minimum atomic E-state index is -3.89. The monoisotopic (exact) mass is 298 g/mol. The van der Waals surface area contributed by atoms with Gasteiger partial charge in [-0.2, -0.15) is 0 Å². The minimum Gasteiger partial charge on any atom is -0.478 e. The lowest BCUT2D eigenvalue weighted by molar-refractivity contribution is 0.0692. The summed E-state index contributed by atoms with van der Waals surface area (Å²) in [5.74, 6) is -1.04. The summed E-state index contributed by atoms with van der Waals surface area (Å²) in [6.07, 6.45) is 2.71. The number of carbonyl (C=O) groups is 1. The first-order chi connectivity index (χ1) is 9.31. The molecule has 1 aromatic rings. The van der Waals surface area contributed by atoms with Gasteiger partial charge < -0.3 is 10.8 Å². The van der Waals surface area contributed by atoms with Crippen molar-refractivity contribution in [1.82, 2.24) is 4.72 Å². The van der Waals surface area contributed by atoms with E-state index in [4.69, 9.17) is 10.8 Å². The second kappa shape index (κ2) is 5.41. The molecule has 0 amide bonds. The molecule has 7 heteroatoms. The number of benzene rings is 1. The van der Waals surface area contributed by atoms with E-state index in [1.54, 1.807) is 0 Å². The summed E-state index contributed by atoms with van der Waals surface area (Å²) in [5, 5.41) is 9.10. The van der Waals surface area contributed by atoms with Crippen LogP contribution < -0.4 is 10.5 Å². The van der Waals surface area contributed by atoms with E-state index in [2.05, 4.69) is 4.72 Å². The van der Waals surface area contributed by atoms with Gasteiger partial charge in [0.05, 0.1) is 10.5 Å². The number of nitrogens with one attached hydrogen (secondary N) is 1. The molecule has 0 heterocycles. The molecule has 2 rings (SSSR count). The highest BCUT2D eigenvalue weighted by molar-refractivity contribution is 7.89. The molecule has 0 bridgehead atoms. The Labute approximate surface area is 118 Å². The van der Waals surface area contributed by atoms with Crippen LogP contribution in [-0.2, 0) is 10.0 Å². The smallest absolute Gasteiger partial charge is 0.337 e. The Morgan fingerprint density at radius 1 is 1.40 bits per heavy atom. The van der Waals surface area contributed by atoms with Crippen LogP contribution in [0.2, 0.25) is 0 Å². The predicted molar refractivity (Wildman–Crippen MR) is 74.9 cm³/mol. The third kappa shape index (κ3) is 2.94. The van der Waals surface area contributed by atoms with Crippen molar-refractivity contribution in [3.63, 3.8) is 0 Å². The first-order valence-electron chi connectivity index (χ1n) is 6.46. The summed E-state index contributed by atoms with van der Waals surface area (Å²) >= 11 is 0. The number of sulfonamides is 1. The van der Waals surface area contributed by atoms with Gasteiger partial charge >= 0.3 is 5.97 Å². The van der Waals surface area contributed by atoms with Crippen molar-refractivity contribution >= 4 is 21.7 Å². The van der Waals surface area contributed by atoms with Crippen molar-refractivity contribution in [2.45, 2.75) is 37.1 Å². The highest BCUT2D eigenvalue weighted by atomic mass is 32.2. The molecular formula is C13H18N2O4S. The Morgan fingerprint density at radius 2 is 2.10 bits per heavy atom. The van der Waals surface area contributed by atoms with Crippen molar-refractivity contribution in [3.8, 4) is 0 Å². The Morgan fingerprint density at radius 3 is 2.65 bits per heavy atom. The zero-order valence-electron chi connectivity index (χ0n) is 11.2. The topological polar surface area (TPSA) is 109 Å². The van der Waals surface area contributed by atoms with Crippen molar-refractivity contribution in [2.24, 2.45) is 5.92 Å². The number of anilines is 1. The molecule has 0 aliphatic heterocycles. The number of nitrogens with two attached hydrogens (primary N) is 1. The third-order valence-electron chi connectivity index (χ3n) is 3.69. The van der Waals surface area contributed by atoms with E-state index in [1.165, 1.54) is 18.2 Å². The van der Waals surface area contributed by atoms with Gasteiger partial charge in [-0.1, -0.05) is 13.3 Å². The summed E-state index contributed by atoms with van der Waals surface area (Å²) < 4.78 is 27.4. The average molecular weight is 298 g/mol. The van der Waals surface area contributed by atoms with Crippen LogP contribution >= 0.6 is 0 Å². The van der Waals surface area contributed by atoms with E-state index < -0.39 is 16.0 Å². The fourth-order valence-corrected chi connectivity index (χ4v) is 4.13. The molecule has 0 saturated heterocycles. The second-order valence-corrected chi connectivity index (χ2v) is 6.88. The number of nitrogen functional groups attached to an aromatic ring is 1. The molecule has 2 atom stereocenters. The maximum atomic E-state index is 12.4. The van der Waals surface area contributed by atoms with E-state index in [0.717, 1.165) is 19.3 Å². The predicted octanol–water partition coefficient (Wildman–Crippen LogP) is 1.43. The first-order valence-corrected chi connectivity index (χ1v) is 7.95. The first kappa shape index (κ1) is 14.8. The van der Waals surface area contributed by atoms with Gasteiger partial charge in [0.1, 0.15) is 0 Å². The van der Waals surface area contributed by atoms with Crippen LogP contribution in [0.5, 0.6) is 0 Å². The van der Waals surface area contributed by atoms with E-state index in [-0.39, 0.29) is 28.1 Å². The van der Waals surface area contributed by atoms with Crippen molar-refractivity contribution < 1.29 is 18.3 Å². The van der Waals surface area contributed by atoms with Crippen LogP contribution in [0.4, 0.5) is 5.69 Å². The van der Waals surface area contributed by atoms with Crippen molar-refractivity contribution in [1.29, 1.82) is 0 Å². The highest BCUT2D eigenvalue weighted by Crippen LogP contribution is 2.27. The quantitative estimate of drug-likeness (QED) is 0.728. The van der Waals surface area contributed by atoms with E-state index in [9.17, 15) is 13.2 Å². The summed E-state index contributed by atoms with van der Waals surface area (Å²) in [7, 11) is -3.89. The lowest BCUT2D eigenvalue weighted by Crippen LogP contribution is -2.37. The number of hydrogen-bond donors (Lipinski definition) is 3. The van der Waals surface area contributed by atoms with E-state index >= 15 is 0 Å². The van der Waals surface area contributed by atoms with Crippen molar-refractivity contribution in [3.05, 3.63) is 23.8 Å². The van der Waals surface area contributed by atoms with Crippen LogP contribution in [0.25, 0.3) is 0 Å². The van der Waals surface area contributed by atoms with Gasteiger partial charge in [0.2, 0.25) is 10.0 Å². The third-order valence-corrected chi connectivity index (χ3v) is 5.22. The number of hydrogen-bond acceptors (Lipinski definition) is 4. The standard InChI is InChI=1S/C13H18N2O4S/c1-8-3-2-4-11(8)15-20(18,19)12-7-9(14)5-6-10(12)13(16)17/h5-8,11,15H,2-4,14H2,1H3,(H,16,17). The Kier molecular flexibility index (Phi) is 4.01. The molecule has 6 nitrogen and oxygen atoms in total. The van der Waals surface area contributed by atoms with Crippen LogP contribution in [0.15, 0.2) is 23.1 Å². The number of rotatable bonds is 4. The minimum absolute atomic E-state index is 0.150. The lowest BCUT2D eigenvalue weighted by Gasteiger charge is -2.18. The van der Waals surface area contributed by atoms with Crippen LogP contribution in [0, 0.1) is 5.92 Å². The Balaban J connectivity index is 2.38. The number of carboxylic acids is 1. The molecule has 0 spiro atoms. The maximum Gasteiger partial charge on any atom is 0.337 e. The molecule has 110 valence electrons. The molecular weight excluding hydrogens is 280 g/mol. The van der Waals surface area contributed by atoms with Crippen LogP contribution in [0.1, 0.15) is 36.5 Å². The van der Waals surface area contributed by atoms with Gasteiger partial charge in [0.25, 0.3) is 0 Å². The Bertz CT molecular complexity index is 627. The fraction of sp³-hybridized carbons (Fsp3) is 0.462. The molecule has 1 aliphatic carbocycles. The molecule has 0 aromatic heterocycles.